The Kier molecular flexibility index (Phi) is 5.36. The molecule has 0 saturated heterocycles. The Labute approximate surface area is 113 Å². The molecule has 0 atom stereocenters. The topological polar surface area (TPSA) is 58.6 Å². The van der Waals surface area contributed by atoms with Crippen molar-refractivity contribution in [2.75, 3.05) is 18.6 Å². The third kappa shape index (κ3) is 4.62. The minimum atomic E-state index is -0.188. The molecule has 0 heterocycles. The van der Waals surface area contributed by atoms with Crippen molar-refractivity contribution < 1.29 is 14.3 Å². The molecule has 5 heteroatoms. The molecule has 2 amide bonds. The summed E-state index contributed by atoms with van der Waals surface area (Å²) >= 11 is 0. The standard InChI is InChI=1S/C14H20N2O3/c1-10(2)15-14(18)9-16(11(3)17)12-6-5-7-13(8-12)19-4/h5-8,10H,9H2,1-4H3,(H,15,18). The average molecular weight is 264 g/mol. The Morgan fingerprint density at radius 1 is 1.37 bits per heavy atom. The lowest BCUT2D eigenvalue weighted by Gasteiger charge is -2.21. The van der Waals surface area contributed by atoms with E-state index in [9.17, 15) is 9.59 Å². The summed E-state index contributed by atoms with van der Waals surface area (Å²) in [6, 6.07) is 7.11. The molecule has 0 unspecified atom stereocenters. The van der Waals surface area contributed by atoms with Crippen LogP contribution in [0.4, 0.5) is 5.69 Å². The van der Waals surface area contributed by atoms with Crippen LogP contribution in [-0.2, 0) is 9.59 Å². The lowest BCUT2D eigenvalue weighted by molar-refractivity contribution is -0.123. The zero-order valence-electron chi connectivity index (χ0n) is 11.8. The number of ether oxygens (including phenoxy) is 1. The monoisotopic (exact) mass is 264 g/mol. The largest absolute Gasteiger partial charge is 0.497 e. The molecule has 0 fully saturated rings. The fourth-order valence-corrected chi connectivity index (χ4v) is 1.67. The van der Waals surface area contributed by atoms with Crippen LogP contribution in [0.25, 0.3) is 0 Å². The highest BCUT2D eigenvalue weighted by Crippen LogP contribution is 2.20. The molecule has 104 valence electrons. The molecule has 0 spiro atoms. The number of nitrogens with one attached hydrogen (secondary N) is 1. The van der Waals surface area contributed by atoms with Crippen LogP contribution in [0.3, 0.4) is 0 Å². The number of anilines is 1. The van der Waals surface area contributed by atoms with Gasteiger partial charge in [0.05, 0.1) is 7.11 Å². The second-order valence-electron chi connectivity index (χ2n) is 4.53. The van der Waals surface area contributed by atoms with Crippen molar-refractivity contribution >= 4 is 17.5 Å². The minimum absolute atomic E-state index is 0.000676. The summed E-state index contributed by atoms with van der Waals surface area (Å²) in [5.41, 5.74) is 0.644. The van der Waals surface area contributed by atoms with E-state index in [1.165, 1.54) is 11.8 Å². The second kappa shape index (κ2) is 6.78. The molecule has 0 radical (unpaired) electrons. The summed E-state index contributed by atoms with van der Waals surface area (Å²) in [4.78, 5) is 24.8. The van der Waals surface area contributed by atoms with Gasteiger partial charge in [-0.3, -0.25) is 9.59 Å². The number of hydrogen-bond donors (Lipinski definition) is 1. The summed E-state index contributed by atoms with van der Waals surface area (Å²) in [7, 11) is 1.56. The van der Waals surface area contributed by atoms with Crippen molar-refractivity contribution in [3.63, 3.8) is 0 Å². The lowest BCUT2D eigenvalue weighted by atomic mass is 10.2. The maximum absolute atomic E-state index is 11.8. The van der Waals surface area contributed by atoms with Crippen LogP contribution in [0, 0.1) is 0 Å². The summed E-state index contributed by atoms with van der Waals surface area (Å²) in [6.07, 6.45) is 0. The summed E-state index contributed by atoms with van der Waals surface area (Å²) < 4.78 is 5.12. The second-order valence-corrected chi connectivity index (χ2v) is 4.53. The fraction of sp³-hybridized carbons (Fsp3) is 0.429. The first kappa shape index (κ1) is 15.0. The van der Waals surface area contributed by atoms with Crippen LogP contribution in [0.2, 0.25) is 0 Å². The first-order chi connectivity index (χ1) is 8.93. The minimum Gasteiger partial charge on any atom is -0.497 e. The van der Waals surface area contributed by atoms with Crippen molar-refractivity contribution in [1.29, 1.82) is 0 Å². The number of benzene rings is 1. The van der Waals surface area contributed by atoms with Crippen molar-refractivity contribution in [2.45, 2.75) is 26.8 Å². The Balaban J connectivity index is 2.88. The highest BCUT2D eigenvalue weighted by atomic mass is 16.5. The average Bonchev–Trinajstić information content (AvgIpc) is 2.34. The van der Waals surface area contributed by atoms with E-state index in [-0.39, 0.29) is 24.4 Å². The SMILES string of the molecule is COc1cccc(N(CC(=O)NC(C)C)C(C)=O)c1. The third-order valence-electron chi connectivity index (χ3n) is 2.50. The molecule has 0 aliphatic rings. The van der Waals surface area contributed by atoms with Gasteiger partial charge >= 0.3 is 0 Å². The first-order valence-corrected chi connectivity index (χ1v) is 6.15. The molecule has 1 N–H and O–H groups in total. The molecular weight excluding hydrogens is 244 g/mol. The van der Waals surface area contributed by atoms with Gasteiger partial charge in [-0.2, -0.15) is 0 Å². The van der Waals surface area contributed by atoms with E-state index in [2.05, 4.69) is 5.32 Å². The quantitative estimate of drug-likeness (QED) is 0.878. The summed E-state index contributed by atoms with van der Waals surface area (Å²) in [5.74, 6) is 0.271. The maximum Gasteiger partial charge on any atom is 0.240 e. The van der Waals surface area contributed by atoms with E-state index in [1.807, 2.05) is 13.8 Å². The van der Waals surface area contributed by atoms with E-state index < -0.39 is 0 Å². The Morgan fingerprint density at radius 3 is 2.58 bits per heavy atom. The smallest absolute Gasteiger partial charge is 0.240 e. The van der Waals surface area contributed by atoms with E-state index >= 15 is 0 Å². The molecule has 0 aliphatic carbocycles. The van der Waals surface area contributed by atoms with Crippen LogP contribution in [0.15, 0.2) is 24.3 Å². The highest BCUT2D eigenvalue weighted by Gasteiger charge is 2.16. The van der Waals surface area contributed by atoms with Gasteiger partial charge in [-0.15, -0.1) is 0 Å². The van der Waals surface area contributed by atoms with Gasteiger partial charge < -0.3 is 15.0 Å². The maximum atomic E-state index is 11.8. The Morgan fingerprint density at radius 2 is 2.05 bits per heavy atom. The molecule has 0 aromatic heterocycles. The molecular formula is C14H20N2O3. The van der Waals surface area contributed by atoms with Crippen LogP contribution in [-0.4, -0.2) is 31.5 Å². The van der Waals surface area contributed by atoms with Crippen molar-refractivity contribution in [1.82, 2.24) is 5.32 Å². The number of rotatable bonds is 5. The van der Waals surface area contributed by atoms with Crippen molar-refractivity contribution in [3.8, 4) is 5.75 Å². The molecule has 1 aromatic carbocycles. The van der Waals surface area contributed by atoms with E-state index in [4.69, 9.17) is 4.74 Å². The van der Waals surface area contributed by atoms with E-state index in [0.717, 1.165) is 0 Å². The zero-order chi connectivity index (χ0) is 14.4. The normalized spacial score (nSPS) is 10.2. The van der Waals surface area contributed by atoms with Gasteiger partial charge in [0.2, 0.25) is 11.8 Å². The van der Waals surface area contributed by atoms with Gasteiger partial charge in [0.25, 0.3) is 0 Å². The highest BCUT2D eigenvalue weighted by molar-refractivity contribution is 5.97. The zero-order valence-corrected chi connectivity index (χ0v) is 11.8. The number of carbonyl (C=O) groups is 2. The number of amides is 2. The van der Waals surface area contributed by atoms with Gasteiger partial charge in [-0.1, -0.05) is 6.07 Å². The van der Waals surface area contributed by atoms with Gasteiger partial charge in [-0.25, -0.2) is 0 Å². The molecule has 0 saturated carbocycles. The number of hydrogen-bond acceptors (Lipinski definition) is 3. The molecule has 1 rings (SSSR count). The van der Waals surface area contributed by atoms with Gasteiger partial charge in [0, 0.05) is 24.7 Å². The number of carbonyl (C=O) groups excluding carboxylic acids is 2. The Bertz CT molecular complexity index is 458. The van der Waals surface area contributed by atoms with Gasteiger partial charge in [0.1, 0.15) is 12.3 Å². The van der Waals surface area contributed by atoms with Crippen LogP contribution < -0.4 is 15.0 Å². The predicted octanol–water partition coefficient (Wildman–Crippen LogP) is 1.57. The fourth-order valence-electron chi connectivity index (χ4n) is 1.67. The third-order valence-corrected chi connectivity index (χ3v) is 2.50. The molecule has 0 bridgehead atoms. The number of nitrogens with zero attached hydrogens (tertiary/aromatic N) is 1. The van der Waals surface area contributed by atoms with Crippen LogP contribution >= 0.6 is 0 Å². The van der Waals surface area contributed by atoms with Gasteiger partial charge in [-0.05, 0) is 26.0 Å². The summed E-state index contributed by atoms with van der Waals surface area (Å²) in [6.45, 7) is 5.19. The van der Waals surface area contributed by atoms with E-state index in [1.54, 1.807) is 31.4 Å². The van der Waals surface area contributed by atoms with Crippen LogP contribution in [0.1, 0.15) is 20.8 Å². The van der Waals surface area contributed by atoms with Crippen LogP contribution in [0.5, 0.6) is 5.75 Å². The lowest BCUT2D eigenvalue weighted by Crippen LogP contribution is -2.42. The first-order valence-electron chi connectivity index (χ1n) is 6.15. The van der Waals surface area contributed by atoms with E-state index in [0.29, 0.717) is 11.4 Å². The predicted molar refractivity (Wildman–Crippen MR) is 74.3 cm³/mol. The summed E-state index contributed by atoms with van der Waals surface area (Å²) in [5, 5.41) is 2.76. The van der Waals surface area contributed by atoms with Crippen molar-refractivity contribution in [3.05, 3.63) is 24.3 Å². The molecule has 1 aromatic rings. The molecule has 5 nitrogen and oxygen atoms in total. The Hall–Kier alpha value is -2.04. The molecule has 0 aliphatic heterocycles. The van der Waals surface area contributed by atoms with Crippen molar-refractivity contribution in [2.24, 2.45) is 0 Å². The molecule has 19 heavy (non-hydrogen) atoms. The van der Waals surface area contributed by atoms with Gasteiger partial charge in [0.15, 0.2) is 0 Å². The number of methoxy groups -OCH3 is 1.